The minimum atomic E-state index is 1.08. The summed E-state index contributed by atoms with van der Waals surface area (Å²) in [5, 5.41) is 0. The lowest BCUT2D eigenvalue weighted by Crippen LogP contribution is -2.27. The molecule has 1 aliphatic heterocycles. The van der Waals surface area contributed by atoms with Crippen LogP contribution in [0.15, 0.2) is 36.6 Å². The van der Waals surface area contributed by atoms with Crippen LogP contribution in [0.5, 0.6) is 0 Å². The van der Waals surface area contributed by atoms with Crippen LogP contribution in [-0.4, -0.2) is 18.0 Å². The van der Waals surface area contributed by atoms with Gasteiger partial charge in [0.05, 0.1) is 0 Å². The first-order valence-electron chi connectivity index (χ1n) is 4.97. The van der Waals surface area contributed by atoms with Crippen molar-refractivity contribution in [2.45, 2.75) is 26.2 Å². The zero-order valence-corrected chi connectivity index (χ0v) is 8.55. The van der Waals surface area contributed by atoms with E-state index in [0.717, 1.165) is 11.3 Å². The predicted molar refractivity (Wildman–Crippen MR) is 58.5 cm³/mol. The normalized spacial score (nSPS) is 17.8. The molecule has 0 unspecified atom stereocenters. The topological polar surface area (TPSA) is 3.24 Å². The van der Waals surface area contributed by atoms with Gasteiger partial charge in [0.15, 0.2) is 0 Å². The van der Waals surface area contributed by atoms with Crippen molar-refractivity contribution in [1.82, 2.24) is 4.90 Å². The van der Waals surface area contributed by atoms with Crippen molar-refractivity contribution in [3.05, 3.63) is 36.6 Å². The molecule has 0 bridgehead atoms. The van der Waals surface area contributed by atoms with Crippen molar-refractivity contribution in [3.63, 3.8) is 0 Å². The molecule has 0 amide bonds. The van der Waals surface area contributed by atoms with E-state index in [1.54, 1.807) is 0 Å². The lowest BCUT2D eigenvalue weighted by molar-refractivity contribution is 0.294. The molecule has 1 heterocycles. The van der Waals surface area contributed by atoms with Gasteiger partial charge in [0.2, 0.25) is 0 Å². The fourth-order valence-corrected chi connectivity index (χ4v) is 1.52. The molecule has 1 nitrogen and oxygen atoms in total. The molecule has 1 fully saturated rings. The van der Waals surface area contributed by atoms with Gasteiger partial charge in [-0.15, -0.1) is 0 Å². The van der Waals surface area contributed by atoms with E-state index in [2.05, 4.69) is 24.1 Å². The largest absolute Gasteiger partial charge is 0.372 e. The number of allylic oxidation sites excluding steroid dienone is 3. The average Bonchev–Trinajstić information content (AvgIpc) is 2.15. The third-order valence-electron chi connectivity index (χ3n) is 2.32. The van der Waals surface area contributed by atoms with Crippen LogP contribution in [-0.2, 0) is 0 Å². The Balaban J connectivity index is 2.41. The molecule has 0 radical (unpaired) electrons. The number of hydrogen-bond acceptors (Lipinski definition) is 1. The van der Waals surface area contributed by atoms with Crippen molar-refractivity contribution in [2.24, 2.45) is 0 Å². The Bertz CT molecular complexity index is 219. The molecule has 0 saturated carbocycles. The molecule has 1 heteroatoms. The fraction of sp³-hybridized carbons (Fsp3) is 0.500. The molecule has 13 heavy (non-hydrogen) atoms. The van der Waals surface area contributed by atoms with E-state index in [-0.39, 0.29) is 0 Å². The Morgan fingerprint density at radius 2 is 1.69 bits per heavy atom. The molecule has 1 saturated heterocycles. The van der Waals surface area contributed by atoms with E-state index >= 15 is 0 Å². The SMILES string of the molecule is C=C(C)/C=C\C(=C)N1CCCCC1. The van der Waals surface area contributed by atoms with Gasteiger partial charge < -0.3 is 4.90 Å². The molecule has 1 aliphatic rings. The van der Waals surface area contributed by atoms with Gasteiger partial charge in [-0.25, -0.2) is 0 Å². The molecular formula is C12H19N. The maximum absolute atomic E-state index is 4.05. The molecule has 0 aromatic heterocycles. The maximum atomic E-state index is 4.05. The summed E-state index contributed by atoms with van der Waals surface area (Å²) in [5.74, 6) is 0. The minimum Gasteiger partial charge on any atom is -0.372 e. The third-order valence-corrected chi connectivity index (χ3v) is 2.32. The fourth-order valence-electron chi connectivity index (χ4n) is 1.52. The summed E-state index contributed by atoms with van der Waals surface area (Å²) in [6.45, 7) is 12.2. The Morgan fingerprint density at radius 1 is 1.08 bits per heavy atom. The Morgan fingerprint density at radius 3 is 2.23 bits per heavy atom. The van der Waals surface area contributed by atoms with Crippen LogP contribution >= 0.6 is 0 Å². The van der Waals surface area contributed by atoms with Gasteiger partial charge in [-0.1, -0.05) is 24.8 Å². The van der Waals surface area contributed by atoms with Crippen LogP contribution < -0.4 is 0 Å². The molecule has 0 atom stereocenters. The summed E-state index contributed by atoms with van der Waals surface area (Å²) in [6.07, 6.45) is 8.07. The van der Waals surface area contributed by atoms with Crippen LogP contribution in [0, 0.1) is 0 Å². The van der Waals surface area contributed by atoms with Crippen molar-refractivity contribution in [3.8, 4) is 0 Å². The van der Waals surface area contributed by atoms with Crippen LogP contribution in [0.4, 0.5) is 0 Å². The van der Waals surface area contributed by atoms with E-state index < -0.39 is 0 Å². The van der Waals surface area contributed by atoms with Crippen LogP contribution in [0.2, 0.25) is 0 Å². The van der Waals surface area contributed by atoms with Gasteiger partial charge in [-0.2, -0.15) is 0 Å². The Labute approximate surface area is 81.4 Å². The number of piperidine rings is 1. The van der Waals surface area contributed by atoms with Crippen molar-refractivity contribution in [1.29, 1.82) is 0 Å². The summed E-state index contributed by atoms with van der Waals surface area (Å²) >= 11 is 0. The second-order valence-electron chi connectivity index (χ2n) is 3.72. The summed E-state index contributed by atoms with van der Waals surface area (Å²) in [4.78, 5) is 2.35. The molecule has 72 valence electrons. The second-order valence-corrected chi connectivity index (χ2v) is 3.72. The van der Waals surface area contributed by atoms with E-state index in [9.17, 15) is 0 Å². The molecule has 0 aromatic rings. The zero-order valence-electron chi connectivity index (χ0n) is 8.55. The lowest BCUT2D eigenvalue weighted by atomic mass is 10.1. The highest BCUT2D eigenvalue weighted by Gasteiger charge is 2.09. The number of nitrogens with zero attached hydrogens (tertiary/aromatic N) is 1. The van der Waals surface area contributed by atoms with E-state index in [1.165, 1.54) is 32.4 Å². The predicted octanol–water partition coefficient (Wildman–Crippen LogP) is 3.12. The summed E-state index contributed by atoms with van der Waals surface area (Å²) in [5.41, 5.74) is 2.21. The smallest absolute Gasteiger partial charge is 0.0293 e. The van der Waals surface area contributed by atoms with Crippen LogP contribution in [0.3, 0.4) is 0 Å². The lowest BCUT2D eigenvalue weighted by Gasteiger charge is -2.28. The van der Waals surface area contributed by atoms with Gasteiger partial charge in [0.1, 0.15) is 0 Å². The summed E-state index contributed by atoms with van der Waals surface area (Å²) in [6, 6.07) is 0. The molecule has 0 spiro atoms. The molecule has 1 rings (SSSR count). The molecule has 0 N–H and O–H groups in total. The quantitative estimate of drug-likeness (QED) is 0.599. The molecular weight excluding hydrogens is 158 g/mol. The highest BCUT2D eigenvalue weighted by atomic mass is 15.1. The minimum absolute atomic E-state index is 1.08. The maximum Gasteiger partial charge on any atom is 0.0293 e. The van der Waals surface area contributed by atoms with Gasteiger partial charge >= 0.3 is 0 Å². The standard InChI is InChI=1S/C12H19N/c1-11(2)7-8-12(3)13-9-5-4-6-10-13/h7-8H,1,3-6,9-10H2,2H3/b8-7-. The Hall–Kier alpha value is -0.980. The van der Waals surface area contributed by atoms with E-state index in [0.29, 0.717) is 0 Å². The zero-order chi connectivity index (χ0) is 9.68. The van der Waals surface area contributed by atoms with Crippen molar-refractivity contribution in [2.75, 3.05) is 13.1 Å². The van der Waals surface area contributed by atoms with Gasteiger partial charge in [0.25, 0.3) is 0 Å². The third kappa shape index (κ3) is 3.49. The second kappa shape index (κ2) is 4.90. The van der Waals surface area contributed by atoms with Gasteiger partial charge in [-0.3, -0.25) is 0 Å². The monoisotopic (exact) mass is 177 g/mol. The van der Waals surface area contributed by atoms with E-state index in [4.69, 9.17) is 0 Å². The summed E-state index contributed by atoms with van der Waals surface area (Å²) in [7, 11) is 0. The van der Waals surface area contributed by atoms with Gasteiger partial charge in [-0.05, 0) is 32.3 Å². The first-order chi connectivity index (χ1) is 6.20. The number of hydrogen-bond donors (Lipinski definition) is 0. The van der Waals surface area contributed by atoms with E-state index in [1.807, 2.05) is 13.0 Å². The number of rotatable bonds is 3. The van der Waals surface area contributed by atoms with Crippen molar-refractivity contribution < 1.29 is 0 Å². The average molecular weight is 177 g/mol. The Kier molecular flexibility index (Phi) is 3.81. The van der Waals surface area contributed by atoms with Crippen LogP contribution in [0.25, 0.3) is 0 Å². The van der Waals surface area contributed by atoms with Gasteiger partial charge in [0, 0.05) is 18.8 Å². The first-order valence-corrected chi connectivity index (χ1v) is 4.97. The highest BCUT2D eigenvalue weighted by molar-refractivity contribution is 5.22. The first kappa shape index (κ1) is 10.1. The highest BCUT2D eigenvalue weighted by Crippen LogP contribution is 2.14. The van der Waals surface area contributed by atoms with Crippen LogP contribution in [0.1, 0.15) is 26.2 Å². The summed E-state index contributed by atoms with van der Waals surface area (Å²) < 4.78 is 0. The van der Waals surface area contributed by atoms with Crippen molar-refractivity contribution >= 4 is 0 Å². The molecule has 0 aromatic carbocycles. The molecule has 0 aliphatic carbocycles. The number of likely N-dealkylation sites (tertiary alicyclic amines) is 1.